The maximum absolute atomic E-state index is 13.1. The van der Waals surface area contributed by atoms with Crippen LogP contribution in [0, 0.1) is 6.92 Å². The minimum atomic E-state index is -0.0242. The van der Waals surface area contributed by atoms with Crippen LogP contribution in [0.15, 0.2) is 33.9 Å². The number of carbonyl (C=O) groups is 1. The first-order valence-electron chi connectivity index (χ1n) is 11.2. The van der Waals surface area contributed by atoms with E-state index in [9.17, 15) is 4.79 Å². The Bertz CT molecular complexity index is 841. The lowest BCUT2D eigenvalue weighted by Crippen LogP contribution is -2.58. The summed E-state index contributed by atoms with van der Waals surface area (Å²) in [6, 6.07) is 5.62. The van der Waals surface area contributed by atoms with E-state index in [1.165, 1.54) is 76.2 Å². The molecule has 0 aromatic carbocycles. The highest BCUT2D eigenvalue weighted by Crippen LogP contribution is 2.35. The van der Waals surface area contributed by atoms with Crippen LogP contribution >= 0.6 is 11.8 Å². The van der Waals surface area contributed by atoms with Crippen molar-refractivity contribution in [3.8, 4) is 0 Å². The molecule has 4 rings (SSSR count). The molecule has 1 saturated heterocycles. The van der Waals surface area contributed by atoms with Crippen LogP contribution < -0.4 is 5.32 Å². The number of amides is 1. The molecule has 2 aromatic rings. The van der Waals surface area contributed by atoms with E-state index >= 15 is 0 Å². The summed E-state index contributed by atoms with van der Waals surface area (Å²) in [7, 11) is 0. The summed E-state index contributed by atoms with van der Waals surface area (Å²) in [6.45, 7) is 4.94. The van der Waals surface area contributed by atoms with Crippen molar-refractivity contribution in [3.63, 3.8) is 0 Å². The van der Waals surface area contributed by atoms with Crippen molar-refractivity contribution >= 4 is 17.7 Å². The summed E-state index contributed by atoms with van der Waals surface area (Å²) in [4.78, 5) is 20.3. The van der Waals surface area contributed by atoms with E-state index in [2.05, 4.69) is 20.4 Å². The average molecular weight is 429 g/mol. The number of likely N-dealkylation sites (tertiary alicyclic amines) is 1. The molecule has 0 spiro atoms. The summed E-state index contributed by atoms with van der Waals surface area (Å²) in [5.41, 5.74) is 1.63. The summed E-state index contributed by atoms with van der Waals surface area (Å²) < 4.78 is 5.14. The minimum Gasteiger partial charge on any atom is -0.361 e. The Hall–Kier alpha value is -1.86. The second kappa shape index (κ2) is 9.96. The smallest absolute Gasteiger partial charge is 0.254 e. The van der Waals surface area contributed by atoms with Gasteiger partial charge in [-0.25, -0.2) is 4.98 Å². The normalized spacial score (nSPS) is 19.5. The van der Waals surface area contributed by atoms with Crippen molar-refractivity contribution < 1.29 is 9.32 Å². The Morgan fingerprint density at radius 2 is 1.97 bits per heavy atom. The van der Waals surface area contributed by atoms with Gasteiger partial charge in [-0.1, -0.05) is 42.6 Å². The van der Waals surface area contributed by atoms with Gasteiger partial charge >= 0.3 is 0 Å². The zero-order chi connectivity index (χ0) is 20.8. The van der Waals surface area contributed by atoms with Gasteiger partial charge in [-0.3, -0.25) is 9.69 Å². The Kier molecular flexibility index (Phi) is 7.10. The maximum Gasteiger partial charge on any atom is 0.254 e. The molecule has 1 aliphatic carbocycles. The van der Waals surface area contributed by atoms with Gasteiger partial charge in [0.05, 0.1) is 11.3 Å². The van der Waals surface area contributed by atoms with E-state index in [-0.39, 0.29) is 11.4 Å². The molecule has 0 bridgehead atoms. The van der Waals surface area contributed by atoms with Crippen molar-refractivity contribution in [2.75, 3.05) is 19.6 Å². The lowest BCUT2D eigenvalue weighted by molar-refractivity contribution is 0.0326. The van der Waals surface area contributed by atoms with Crippen molar-refractivity contribution in [2.45, 2.75) is 74.6 Å². The van der Waals surface area contributed by atoms with E-state index in [0.717, 1.165) is 23.0 Å². The number of pyridine rings is 1. The number of hydrogen-bond donors (Lipinski definition) is 1. The molecule has 0 atom stereocenters. The molecular weight excluding hydrogens is 396 g/mol. The number of piperidine rings is 1. The molecule has 30 heavy (non-hydrogen) atoms. The van der Waals surface area contributed by atoms with Crippen LogP contribution in [-0.2, 0) is 5.75 Å². The molecule has 1 amide bonds. The SMILES string of the molecule is Cc1cc(CSc2ncccc2C(=O)NCC2(N3CCCCC3)CCCCC2)no1. The summed E-state index contributed by atoms with van der Waals surface area (Å²) in [6.07, 6.45) is 11.8. The zero-order valence-corrected chi connectivity index (χ0v) is 18.7. The maximum atomic E-state index is 13.1. The molecule has 2 fully saturated rings. The molecule has 3 heterocycles. The summed E-state index contributed by atoms with van der Waals surface area (Å²) >= 11 is 1.53. The fraction of sp³-hybridized carbons (Fsp3) is 0.609. The second-order valence-corrected chi connectivity index (χ2v) is 9.55. The largest absolute Gasteiger partial charge is 0.361 e. The Balaban J connectivity index is 1.42. The standard InChI is InChI=1S/C23H32N4O2S/c1-18-15-19(26-29-18)16-30-22-20(9-8-12-24-22)21(28)25-17-23(10-4-2-5-11-23)27-13-6-3-7-14-27/h8-9,12,15H,2-7,10-11,13-14,16-17H2,1H3,(H,25,28). The van der Waals surface area contributed by atoms with Gasteiger partial charge in [-0.05, 0) is 57.8 Å². The van der Waals surface area contributed by atoms with Gasteiger partial charge in [0.25, 0.3) is 5.91 Å². The molecule has 0 unspecified atom stereocenters. The van der Waals surface area contributed by atoms with Gasteiger partial charge < -0.3 is 9.84 Å². The van der Waals surface area contributed by atoms with Crippen molar-refractivity contribution in [1.29, 1.82) is 0 Å². The zero-order valence-electron chi connectivity index (χ0n) is 17.9. The molecule has 1 N–H and O–H groups in total. The van der Waals surface area contributed by atoms with Gasteiger partial charge in [-0.2, -0.15) is 0 Å². The Morgan fingerprint density at radius 3 is 2.70 bits per heavy atom. The van der Waals surface area contributed by atoms with Gasteiger partial charge in [0.15, 0.2) is 0 Å². The lowest BCUT2D eigenvalue weighted by atomic mass is 9.79. The van der Waals surface area contributed by atoms with Crippen LogP contribution in [0.2, 0.25) is 0 Å². The first-order chi connectivity index (χ1) is 14.7. The number of nitrogens with one attached hydrogen (secondary N) is 1. The topological polar surface area (TPSA) is 71.3 Å². The molecule has 1 saturated carbocycles. The highest BCUT2D eigenvalue weighted by molar-refractivity contribution is 7.98. The van der Waals surface area contributed by atoms with Crippen LogP contribution in [0.4, 0.5) is 0 Å². The average Bonchev–Trinajstić information content (AvgIpc) is 3.22. The van der Waals surface area contributed by atoms with Crippen molar-refractivity contribution in [3.05, 3.63) is 41.4 Å². The predicted molar refractivity (Wildman–Crippen MR) is 119 cm³/mol. The van der Waals surface area contributed by atoms with E-state index in [1.807, 2.05) is 25.1 Å². The van der Waals surface area contributed by atoms with Gasteiger partial charge in [0.1, 0.15) is 10.8 Å². The van der Waals surface area contributed by atoms with Crippen LogP contribution in [0.1, 0.15) is 73.2 Å². The Labute approximate surface area is 183 Å². The molecule has 0 radical (unpaired) electrons. The van der Waals surface area contributed by atoms with Gasteiger partial charge in [0, 0.05) is 30.1 Å². The molecule has 6 nitrogen and oxygen atoms in total. The van der Waals surface area contributed by atoms with E-state index in [0.29, 0.717) is 11.3 Å². The van der Waals surface area contributed by atoms with Gasteiger partial charge in [-0.15, -0.1) is 0 Å². The fourth-order valence-corrected chi connectivity index (χ4v) is 5.70. The molecular formula is C23H32N4O2S. The molecule has 2 aliphatic rings. The predicted octanol–water partition coefficient (Wildman–Crippen LogP) is 4.59. The van der Waals surface area contributed by atoms with E-state index in [1.54, 1.807) is 6.20 Å². The number of carbonyl (C=O) groups excluding carboxylic acids is 1. The third kappa shape index (κ3) is 5.06. The lowest BCUT2D eigenvalue weighted by Gasteiger charge is -2.48. The third-order valence-corrected chi connectivity index (χ3v) is 7.48. The molecule has 162 valence electrons. The highest BCUT2D eigenvalue weighted by Gasteiger charge is 2.38. The van der Waals surface area contributed by atoms with Crippen molar-refractivity contribution in [1.82, 2.24) is 20.4 Å². The Morgan fingerprint density at radius 1 is 1.20 bits per heavy atom. The highest BCUT2D eigenvalue weighted by atomic mass is 32.2. The van der Waals surface area contributed by atoms with Gasteiger partial charge in [0.2, 0.25) is 0 Å². The number of hydrogen-bond acceptors (Lipinski definition) is 6. The van der Waals surface area contributed by atoms with E-state index in [4.69, 9.17) is 4.52 Å². The first-order valence-corrected chi connectivity index (χ1v) is 12.2. The minimum absolute atomic E-state index is 0.0242. The summed E-state index contributed by atoms with van der Waals surface area (Å²) in [5, 5.41) is 8.06. The number of aromatic nitrogens is 2. The van der Waals surface area contributed by atoms with Crippen LogP contribution in [0.3, 0.4) is 0 Å². The first kappa shape index (κ1) is 21.4. The number of aryl methyl sites for hydroxylation is 1. The van der Waals surface area contributed by atoms with E-state index < -0.39 is 0 Å². The van der Waals surface area contributed by atoms with Crippen LogP contribution in [-0.4, -0.2) is 46.1 Å². The van der Waals surface area contributed by atoms with Crippen LogP contribution in [0.5, 0.6) is 0 Å². The molecule has 7 heteroatoms. The second-order valence-electron chi connectivity index (χ2n) is 8.59. The third-order valence-electron chi connectivity index (χ3n) is 6.44. The van der Waals surface area contributed by atoms with Crippen LogP contribution in [0.25, 0.3) is 0 Å². The van der Waals surface area contributed by atoms with Crippen molar-refractivity contribution in [2.24, 2.45) is 0 Å². The fourth-order valence-electron chi connectivity index (χ4n) is 4.83. The molecule has 1 aliphatic heterocycles. The summed E-state index contributed by atoms with van der Waals surface area (Å²) in [5.74, 6) is 1.40. The monoisotopic (exact) mass is 428 g/mol. The molecule has 2 aromatic heterocycles. The number of rotatable bonds is 7. The quantitative estimate of drug-likeness (QED) is 0.651. The number of thioether (sulfide) groups is 1. The number of nitrogens with zero attached hydrogens (tertiary/aromatic N) is 3.